The van der Waals surface area contributed by atoms with E-state index in [0.717, 1.165) is 11.2 Å². The van der Waals surface area contributed by atoms with Crippen LogP contribution in [0.15, 0.2) is 54.9 Å². The van der Waals surface area contributed by atoms with Crippen molar-refractivity contribution in [1.82, 2.24) is 9.38 Å². The maximum atomic E-state index is 10.6. The van der Waals surface area contributed by atoms with Crippen LogP contribution in [0, 0.1) is 0 Å². The fraction of sp³-hybridized carbons (Fsp3) is 0.278. The zero-order chi connectivity index (χ0) is 14.2. The molecule has 0 radical (unpaired) electrons. The van der Waals surface area contributed by atoms with E-state index in [0.29, 0.717) is 11.6 Å². The number of aliphatic hydroxyl groups excluding tert-OH is 1. The van der Waals surface area contributed by atoms with Crippen LogP contribution < -0.4 is 0 Å². The number of benzene rings is 1. The number of aliphatic hydroxyl groups is 1. The number of pyridine rings is 1. The molecule has 0 aliphatic heterocycles. The predicted molar refractivity (Wildman–Crippen MR) is 82.3 cm³/mol. The Morgan fingerprint density at radius 3 is 2.81 bits per heavy atom. The summed E-state index contributed by atoms with van der Waals surface area (Å²) in [6.45, 7) is 0. The molecule has 1 unspecified atom stereocenters. The molecule has 1 saturated carbocycles. The molecular weight excluding hydrogens is 260 g/mol. The van der Waals surface area contributed by atoms with Crippen LogP contribution in [-0.4, -0.2) is 14.5 Å². The van der Waals surface area contributed by atoms with E-state index < -0.39 is 6.10 Å². The van der Waals surface area contributed by atoms with Crippen molar-refractivity contribution in [1.29, 1.82) is 0 Å². The van der Waals surface area contributed by atoms with Crippen LogP contribution in [-0.2, 0) is 0 Å². The summed E-state index contributed by atoms with van der Waals surface area (Å²) in [6.07, 6.45) is 7.05. The SMILES string of the molecule is OC(c1cccc(C2CCC2)c1)c1cn2ccccc2n1. The molecule has 0 bridgehead atoms. The summed E-state index contributed by atoms with van der Waals surface area (Å²) in [5, 5.41) is 10.6. The summed E-state index contributed by atoms with van der Waals surface area (Å²) in [4.78, 5) is 4.51. The average molecular weight is 278 g/mol. The largest absolute Gasteiger partial charge is 0.382 e. The van der Waals surface area contributed by atoms with Crippen LogP contribution >= 0.6 is 0 Å². The summed E-state index contributed by atoms with van der Waals surface area (Å²) in [6, 6.07) is 14.2. The molecule has 3 heteroatoms. The van der Waals surface area contributed by atoms with E-state index in [1.165, 1.54) is 24.8 Å². The van der Waals surface area contributed by atoms with Gasteiger partial charge in [-0.2, -0.15) is 0 Å². The topological polar surface area (TPSA) is 37.5 Å². The molecule has 1 aromatic carbocycles. The second-order valence-electron chi connectivity index (χ2n) is 5.83. The van der Waals surface area contributed by atoms with Gasteiger partial charge in [-0.05, 0) is 42.0 Å². The fourth-order valence-electron chi connectivity index (χ4n) is 2.98. The molecule has 1 aliphatic carbocycles. The van der Waals surface area contributed by atoms with Gasteiger partial charge in [-0.25, -0.2) is 4.98 Å². The van der Waals surface area contributed by atoms with Gasteiger partial charge in [0.25, 0.3) is 0 Å². The van der Waals surface area contributed by atoms with Gasteiger partial charge in [0, 0.05) is 12.4 Å². The summed E-state index contributed by atoms with van der Waals surface area (Å²) in [5.74, 6) is 0.679. The van der Waals surface area contributed by atoms with Crippen molar-refractivity contribution >= 4 is 5.65 Å². The molecule has 1 N–H and O–H groups in total. The minimum Gasteiger partial charge on any atom is -0.382 e. The number of imidazole rings is 1. The monoisotopic (exact) mass is 278 g/mol. The zero-order valence-corrected chi connectivity index (χ0v) is 11.8. The first-order chi connectivity index (χ1) is 10.3. The van der Waals surface area contributed by atoms with E-state index in [1.54, 1.807) is 0 Å². The molecule has 0 amide bonds. The first-order valence-corrected chi connectivity index (χ1v) is 7.53. The Bertz CT molecular complexity index is 740. The van der Waals surface area contributed by atoms with Crippen LogP contribution in [0.4, 0.5) is 0 Å². The highest BCUT2D eigenvalue weighted by Crippen LogP contribution is 2.37. The molecule has 3 aromatic rings. The maximum Gasteiger partial charge on any atom is 0.137 e. The summed E-state index contributed by atoms with van der Waals surface area (Å²) in [5.41, 5.74) is 3.85. The molecule has 0 saturated heterocycles. The molecule has 4 rings (SSSR count). The Hall–Kier alpha value is -2.13. The third-order valence-electron chi connectivity index (χ3n) is 4.47. The summed E-state index contributed by atoms with van der Waals surface area (Å²) >= 11 is 0. The predicted octanol–water partition coefficient (Wildman–Crippen LogP) is 3.68. The highest BCUT2D eigenvalue weighted by molar-refractivity contribution is 5.42. The lowest BCUT2D eigenvalue weighted by molar-refractivity contribution is 0.215. The van der Waals surface area contributed by atoms with Crippen molar-refractivity contribution in [3.05, 3.63) is 71.7 Å². The number of hydrogen-bond donors (Lipinski definition) is 1. The molecular formula is C18H18N2O. The summed E-state index contributed by atoms with van der Waals surface area (Å²) in [7, 11) is 0. The van der Waals surface area contributed by atoms with Gasteiger partial charge >= 0.3 is 0 Å². The van der Waals surface area contributed by atoms with Gasteiger partial charge < -0.3 is 9.51 Å². The van der Waals surface area contributed by atoms with Crippen molar-refractivity contribution in [2.75, 3.05) is 0 Å². The lowest BCUT2D eigenvalue weighted by Gasteiger charge is -2.26. The standard InChI is InChI=1S/C18H18N2O/c21-18(16-12-20-10-2-1-9-17(20)19-16)15-8-4-7-14(11-15)13-5-3-6-13/h1-2,4,7-13,18,21H,3,5-6H2. The minimum atomic E-state index is -0.662. The number of aromatic nitrogens is 2. The molecule has 1 aliphatic rings. The first kappa shape index (κ1) is 12.6. The lowest BCUT2D eigenvalue weighted by atomic mass is 9.79. The van der Waals surface area contributed by atoms with Gasteiger partial charge in [-0.3, -0.25) is 0 Å². The van der Waals surface area contributed by atoms with Gasteiger partial charge in [-0.1, -0.05) is 36.8 Å². The number of nitrogens with zero attached hydrogens (tertiary/aromatic N) is 2. The van der Waals surface area contributed by atoms with Crippen molar-refractivity contribution in [2.45, 2.75) is 31.3 Å². The van der Waals surface area contributed by atoms with Crippen LogP contribution in [0.25, 0.3) is 5.65 Å². The third kappa shape index (κ3) is 2.24. The molecule has 106 valence electrons. The Morgan fingerprint density at radius 1 is 1.14 bits per heavy atom. The quantitative estimate of drug-likeness (QED) is 0.793. The van der Waals surface area contributed by atoms with Crippen LogP contribution in [0.3, 0.4) is 0 Å². The third-order valence-corrected chi connectivity index (χ3v) is 4.47. The van der Waals surface area contributed by atoms with E-state index in [2.05, 4.69) is 17.1 Å². The highest BCUT2D eigenvalue weighted by atomic mass is 16.3. The van der Waals surface area contributed by atoms with Gasteiger partial charge in [-0.15, -0.1) is 0 Å². The van der Waals surface area contributed by atoms with Gasteiger partial charge in [0.1, 0.15) is 11.8 Å². The average Bonchev–Trinajstić information content (AvgIpc) is 2.89. The molecule has 3 nitrogen and oxygen atoms in total. The second kappa shape index (κ2) is 5.01. The van der Waals surface area contributed by atoms with Crippen molar-refractivity contribution < 1.29 is 5.11 Å². The van der Waals surface area contributed by atoms with Crippen molar-refractivity contribution in [3.63, 3.8) is 0 Å². The van der Waals surface area contributed by atoms with Crippen LogP contribution in [0.5, 0.6) is 0 Å². The first-order valence-electron chi connectivity index (χ1n) is 7.53. The highest BCUT2D eigenvalue weighted by Gasteiger charge is 2.21. The lowest BCUT2D eigenvalue weighted by Crippen LogP contribution is -2.09. The van der Waals surface area contributed by atoms with E-state index >= 15 is 0 Å². The van der Waals surface area contributed by atoms with Gasteiger partial charge in [0.15, 0.2) is 0 Å². The van der Waals surface area contributed by atoms with E-state index in [4.69, 9.17) is 0 Å². The summed E-state index contributed by atoms with van der Waals surface area (Å²) < 4.78 is 1.94. The van der Waals surface area contributed by atoms with Crippen LogP contribution in [0.2, 0.25) is 0 Å². The number of hydrogen-bond acceptors (Lipinski definition) is 2. The second-order valence-corrected chi connectivity index (χ2v) is 5.83. The number of fused-ring (bicyclic) bond motifs is 1. The molecule has 0 spiro atoms. The Kier molecular flexibility index (Phi) is 3.00. The smallest absolute Gasteiger partial charge is 0.137 e. The fourth-order valence-corrected chi connectivity index (χ4v) is 2.98. The van der Waals surface area contributed by atoms with E-state index in [1.807, 2.05) is 47.1 Å². The molecule has 1 fully saturated rings. The van der Waals surface area contributed by atoms with Crippen molar-refractivity contribution in [3.8, 4) is 0 Å². The Balaban J connectivity index is 1.68. The molecule has 1 atom stereocenters. The van der Waals surface area contributed by atoms with Crippen LogP contribution in [0.1, 0.15) is 48.1 Å². The van der Waals surface area contributed by atoms with E-state index in [-0.39, 0.29) is 0 Å². The van der Waals surface area contributed by atoms with Crippen molar-refractivity contribution in [2.24, 2.45) is 0 Å². The Labute approximate surface area is 123 Å². The Morgan fingerprint density at radius 2 is 2.05 bits per heavy atom. The van der Waals surface area contributed by atoms with Gasteiger partial charge in [0.2, 0.25) is 0 Å². The van der Waals surface area contributed by atoms with E-state index in [9.17, 15) is 5.11 Å². The van der Waals surface area contributed by atoms with Gasteiger partial charge in [0.05, 0.1) is 5.69 Å². The normalized spacial score (nSPS) is 16.8. The minimum absolute atomic E-state index is 0.662. The molecule has 21 heavy (non-hydrogen) atoms. The zero-order valence-electron chi connectivity index (χ0n) is 11.8. The maximum absolute atomic E-state index is 10.6. The molecule has 2 heterocycles. The molecule has 2 aromatic heterocycles. The number of rotatable bonds is 3.